The highest BCUT2D eigenvalue weighted by molar-refractivity contribution is 7.07. The van der Waals surface area contributed by atoms with Crippen LogP contribution in [0.25, 0.3) is 6.08 Å². The molecule has 0 spiro atoms. The van der Waals surface area contributed by atoms with E-state index in [0.29, 0.717) is 51.1 Å². The van der Waals surface area contributed by atoms with Gasteiger partial charge < -0.3 is 9.64 Å². The number of benzene rings is 2. The number of ether oxygens (including phenoxy) is 1. The van der Waals surface area contributed by atoms with Gasteiger partial charge in [0.2, 0.25) is 0 Å². The van der Waals surface area contributed by atoms with Crippen molar-refractivity contribution in [2.45, 2.75) is 33.7 Å². The van der Waals surface area contributed by atoms with Crippen LogP contribution >= 0.6 is 22.9 Å². The minimum atomic E-state index is -0.596. The van der Waals surface area contributed by atoms with Crippen LogP contribution in [-0.4, -0.2) is 35.1 Å². The molecule has 182 valence electrons. The molecule has 1 atom stereocenters. The van der Waals surface area contributed by atoms with Crippen molar-refractivity contribution in [3.8, 4) is 5.75 Å². The Bertz CT molecular complexity index is 1450. The van der Waals surface area contributed by atoms with Crippen LogP contribution in [0.15, 0.2) is 69.6 Å². The number of hydrogen-bond donors (Lipinski definition) is 0. The van der Waals surface area contributed by atoms with E-state index in [-0.39, 0.29) is 11.5 Å². The lowest BCUT2D eigenvalue weighted by molar-refractivity contribution is -0.127. The van der Waals surface area contributed by atoms with Gasteiger partial charge in [0.15, 0.2) is 4.80 Å². The third kappa shape index (κ3) is 4.83. The minimum absolute atomic E-state index is 0.118. The molecule has 0 aliphatic carbocycles. The summed E-state index contributed by atoms with van der Waals surface area (Å²) in [6, 6.07) is 14.3. The van der Waals surface area contributed by atoms with Gasteiger partial charge in [-0.25, -0.2) is 4.99 Å². The Labute approximate surface area is 213 Å². The molecule has 0 saturated carbocycles. The smallest absolute Gasteiger partial charge is 0.271 e. The van der Waals surface area contributed by atoms with Gasteiger partial charge in [-0.05, 0) is 57.5 Å². The monoisotopic (exact) mass is 509 g/mol. The highest BCUT2D eigenvalue weighted by Gasteiger charge is 2.34. The number of amides is 1. The zero-order valence-corrected chi connectivity index (χ0v) is 21.8. The quantitative estimate of drug-likeness (QED) is 0.480. The topological polar surface area (TPSA) is 63.9 Å². The first kappa shape index (κ1) is 24.9. The number of thiazole rings is 1. The van der Waals surface area contributed by atoms with E-state index in [1.165, 1.54) is 11.3 Å². The van der Waals surface area contributed by atoms with Gasteiger partial charge in [0.25, 0.3) is 11.5 Å². The number of nitrogens with zero attached hydrogens (tertiary/aromatic N) is 3. The summed E-state index contributed by atoms with van der Waals surface area (Å²) in [4.78, 5) is 34.4. The van der Waals surface area contributed by atoms with E-state index in [1.54, 1.807) is 21.6 Å². The summed E-state index contributed by atoms with van der Waals surface area (Å²) in [7, 11) is 0. The Morgan fingerprint density at radius 3 is 2.49 bits per heavy atom. The van der Waals surface area contributed by atoms with Crippen molar-refractivity contribution in [1.29, 1.82) is 0 Å². The second-order valence-electron chi connectivity index (χ2n) is 8.08. The van der Waals surface area contributed by atoms with Crippen molar-refractivity contribution in [2.75, 3.05) is 19.7 Å². The molecule has 8 heteroatoms. The number of hydrogen-bond acceptors (Lipinski definition) is 5. The fourth-order valence-electron chi connectivity index (χ4n) is 4.26. The maximum absolute atomic E-state index is 13.8. The Balaban J connectivity index is 1.95. The molecule has 0 radical (unpaired) electrons. The molecule has 3 aromatic rings. The molecule has 6 nitrogen and oxygen atoms in total. The van der Waals surface area contributed by atoms with Crippen LogP contribution in [0.3, 0.4) is 0 Å². The van der Waals surface area contributed by atoms with Crippen LogP contribution in [0.5, 0.6) is 5.75 Å². The standard InChI is InChI=1S/C27H28ClN3O3S/c1-5-30(6-2)26(33)23-17(4)29-27-31(24(23)18-12-14-20(28)15-13-18)25(32)22(35-27)16-19-10-8-9-11-21(19)34-7-3/h8-16,24H,5-7H2,1-4H3/b22-16+/t24-/m1/s1. The number of rotatable bonds is 7. The van der Waals surface area contributed by atoms with E-state index in [9.17, 15) is 9.59 Å². The predicted molar refractivity (Wildman–Crippen MR) is 141 cm³/mol. The zero-order valence-electron chi connectivity index (χ0n) is 20.2. The molecule has 1 amide bonds. The second kappa shape index (κ2) is 10.6. The predicted octanol–water partition coefficient (Wildman–Crippen LogP) is 4.16. The van der Waals surface area contributed by atoms with Crippen molar-refractivity contribution >= 4 is 34.9 Å². The fourth-order valence-corrected chi connectivity index (χ4v) is 5.43. The van der Waals surface area contributed by atoms with Crippen LogP contribution in [0, 0.1) is 0 Å². The lowest BCUT2D eigenvalue weighted by Crippen LogP contribution is -2.43. The normalized spacial score (nSPS) is 15.6. The number of aromatic nitrogens is 1. The van der Waals surface area contributed by atoms with Gasteiger partial charge in [0.05, 0.1) is 28.5 Å². The number of allylic oxidation sites excluding steroid dienone is 1. The Morgan fingerprint density at radius 1 is 1.14 bits per heavy atom. The highest BCUT2D eigenvalue weighted by atomic mass is 35.5. The average molecular weight is 510 g/mol. The Kier molecular flexibility index (Phi) is 7.57. The lowest BCUT2D eigenvalue weighted by atomic mass is 9.94. The maximum Gasteiger partial charge on any atom is 0.271 e. The van der Waals surface area contributed by atoms with Crippen molar-refractivity contribution in [3.63, 3.8) is 0 Å². The summed E-state index contributed by atoms with van der Waals surface area (Å²) in [5.41, 5.74) is 2.55. The summed E-state index contributed by atoms with van der Waals surface area (Å²) < 4.78 is 7.90. The first-order valence-electron chi connectivity index (χ1n) is 11.7. The van der Waals surface area contributed by atoms with Crippen LogP contribution in [-0.2, 0) is 4.79 Å². The third-order valence-corrected chi connectivity index (χ3v) is 7.23. The molecule has 2 heterocycles. The van der Waals surface area contributed by atoms with Gasteiger partial charge in [0, 0.05) is 23.7 Å². The molecule has 0 fully saturated rings. The molecule has 0 unspecified atom stereocenters. The maximum atomic E-state index is 13.8. The molecular formula is C27H28ClN3O3S. The molecular weight excluding hydrogens is 482 g/mol. The molecule has 0 bridgehead atoms. The fraction of sp³-hybridized carbons (Fsp3) is 0.296. The molecule has 1 aliphatic rings. The van der Waals surface area contributed by atoms with Crippen LogP contribution < -0.4 is 19.6 Å². The van der Waals surface area contributed by atoms with E-state index in [0.717, 1.165) is 11.1 Å². The molecule has 1 aromatic heterocycles. The molecule has 2 aromatic carbocycles. The average Bonchev–Trinajstić information content (AvgIpc) is 3.15. The number of fused-ring (bicyclic) bond motifs is 1. The van der Waals surface area contributed by atoms with Gasteiger partial charge >= 0.3 is 0 Å². The van der Waals surface area contributed by atoms with Crippen molar-refractivity contribution in [2.24, 2.45) is 4.99 Å². The second-order valence-corrected chi connectivity index (χ2v) is 9.53. The summed E-state index contributed by atoms with van der Waals surface area (Å²) in [6.45, 7) is 9.31. The van der Waals surface area contributed by atoms with Crippen LogP contribution in [0.2, 0.25) is 5.02 Å². The van der Waals surface area contributed by atoms with E-state index in [4.69, 9.17) is 21.3 Å². The first-order valence-corrected chi connectivity index (χ1v) is 12.9. The third-order valence-electron chi connectivity index (χ3n) is 5.99. The van der Waals surface area contributed by atoms with Crippen LogP contribution in [0.1, 0.15) is 44.9 Å². The van der Waals surface area contributed by atoms with Crippen LogP contribution in [0.4, 0.5) is 0 Å². The van der Waals surface area contributed by atoms with E-state index < -0.39 is 6.04 Å². The number of carbonyl (C=O) groups excluding carboxylic acids is 1. The Morgan fingerprint density at radius 2 is 1.83 bits per heavy atom. The summed E-state index contributed by atoms with van der Waals surface area (Å²) >= 11 is 7.46. The highest BCUT2D eigenvalue weighted by Crippen LogP contribution is 2.32. The number of carbonyl (C=O) groups is 1. The number of halogens is 1. The summed E-state index contributed by atoms with van der Waals surface area (Å²) in [6.07, 6.45) is 1.83. The van der Waals surface area contributed by atoms with Gasteiger partial charge in [-0.2, -0.15) is 0 Å². The van der Waals surface area contributed by atoms with Crippen molar-refractivity contribution in [1.82, 2.24) is 9.47 Å². The van der Waals surface area contributed by atoms with Gasteiger partial charge in [-0.3, -0.25) is 14.2 Å². The van der Waals surface area contributed by atoms with E-state index in [1.807, 2.05) is 70.2 Å². The molecule has 0 N–H and O–H groups in total. The lowest BCUT2D eigenvalue weighted by Gasteiger charge is -2.29. The Hall–Kier alpha value is -3.16. The van der Waals surface area contributed by atoms with Crippen molar-refractivity contribution < 1.29 is 9.53 Å². The summed E-state index contributed by atoms with van der Waals surface area (Å²) in [5, 5.41) is 0.589. The molecule has 35 heavy (non-hydrogen) atoms. The van der Waals surface area contributed by atoms with Gasteiger partial charge in [0.1, 0.15) is 5.75 Å². The largest absolute Gasteiger partial charge is 0.493 e. The zero-order chi connectivity index (χ0) is 25.1. The SMILES string of the molecule is CCOc1ccccc1/C=c1/sc2n(c1=O)[C@H](c1ccc(Cl)cc1)C(C(=O)N(CC)CC)=C(C)N=2. The number of likely N-dealkylation sites (N-methyl/N-ethyl adjacent to an activating group) is 1. The van der Waals surface area contributed by atoms with Gasteiger partial charge in [-0.1, -0.05) is 53.3 Å². The minimum Gasteiger partial charge on any atom is -0.493 e. The number of para-hydroxylation sites is 1. The van der Waals surface area contributed by atoms with Gasteiger partial charge in [-0.15, -0.1) is 0 Å². The first-order chi connectivity index (χ1) is 16.9. The van der Waals surface area contributed by atoms with E-state index >= 15 is 0 Å². The summed E-state index contributed by atoms with van der Waals surface area (Å²) in [5.74, 6) is 0.593. The van der Waals surface area contributed by atoms with E-state index in [2.05, 4.69) is 0 Å². The molecule has 0 saturated heterocycles. The molecule has 4 rings (SSSR count). The van der Waals surface area contributed by atoms with Crippen molar-refractivity contribution in [3.05, 3.63) is 95.6 Å². The molecule has 1 aliphatic heterocycles.